The molecule has 0 amide bonds. The van der Waals surface area contributed by atoms with Crippen LogP contribution in [0.15, 0.2) is 12.7 Å². The van der Waals surface area contributed by atoms with Gasteiger partial charge in [-0.2, -0.15) is 0 Å². The molecule has 14 heavy (non-hydrogen) atoms. The Bertz CT molecular complexity index is 129. The van der Waals surface area contributed by atoms with Crippen molar-refractivity contribution in [2.75, 3.05) is 13.1 Å². The number of rotatable bonds is 9. The molecule has 1 unspecified atom stereocenters. The van der Waals surface area contributed by atoms with E-state index in [1.165, 1.54) is 32.2 Å². The third kappa shape index (κ3) is 9.79. The minimum atomic E-state index is 0.770. The van der Waals surface area contributed by atoms with Crippen molar-refractivity contribution in [3.63, 3.8) is 0 Å². The summed E-state index contributed by atoms with van der Waals surface area (Å²) in [7, 11) is 0. The lowest BCUT2D eigenvalue weighted by molar-refractivity contribution is 0.445. The summed E-state index contributed by atoms with van der Waals surface area (Å²) in [6.45, 7) is 12.9. The molecule has 0 aromatic carbocycles. The lowest BCUT2D eigenvalue weighted by atomic mass is 10.0. The van der Waals surface area contributed by atoms with E-state index in [9.17, 15) is 0 Å². The molecule has 0 aliphatic rings. The minimum absolute atomic E-state index is 0.770. The van der Waals surface area contributed by atoms with Crippen LogP contribution in [0.5, 0.6) is 0 Å². The van der Waals surface area contributed by atoms with Crippen LogP contribution in [0, 0.1) is 11.8 Å². The molecule has 0 radical (unpaired) electrons. The van der Waals surface area contributed by atoms with Crippen LogP contribution in [0.3, 0.4) is 0 Å². The monoisotopic (exact) mass is 197 g/mol. The Balaban J connectivity index is 3.17. The molecule has 0 aliphatic heterocycles. The molecule has 0 aromatic heterocycles. The van der Waals surface area contributed by atoms with E-state index in [0.29, 0.717) is 0 Å². The van der Waals surface area contributed by atoms with Crippen molar-refractivity contribution >= 4 is 0 Å². The number of allylic oxidation sites excluding steroid dienone is 1. The van der Waals surface area contributed by atoms with Crippen LogP contribution in [0.25, 0.3) is 0 Å². The molecule has 1 N–H and O–H groups in total. The summed E-state index contributed by atoms with van der Waals surface area (Å²) in [6, 6.07) is 0. The first-order chi connectivity index (χ1) is 6.66. The van der Waals surface area contributed by atoms with E-state index in [1.807, 2.05) is 6.08 Å². The number of nitrogens with one attached hydrogen (secondary N) is 1. The Morgan fingerprint density at radius 1 is 1.21 bits per heavy atom. The summed E-state index contributed by atoms with van der Waals surface area (Å²) in [5.74, 6) is 1.63. The second kappa shape index (κ2) is 9.26. The van der Waals surface area contributed by atoms with E-state index >= 15 is 0 Å². The van der Waals surface area contributed by atoms with Gasteiger partial charge in [-0.25, -0.2) is 0 Å². The van der Waals surface area contributed by atoms with E-state index < -0.39 is 0 Å². The maximum absolute atomic E-state index is 3.74. The van der Waals surface area contributed by atoms with Gasteiger partial charge in [-0.3, -0.25) is 0 Å². The maximum atomic E-state index is 3.74. The highest BCUT2D eigenvalue weighted by Gasteiger charge is 2.01. The van der Waals surface area contributed by atoms with Crippen LogP contribution in [0.2, 0.25) is 0 Å². The normalized spacial score (nSPS) is 13.1. The number of hydrogen-bond donors (Lipinski definition) is 1. The second-order valence-corrected chi connectivity index (χ2v) is 4.71. The van der Waals surface area contributed by atoms with E-state index in [2.05, 4.69) is 32.7 Å². The van der Waals surface area contributed by atoms with Gasteiger partial charge in [0.15, 0.2) is 0 Å². The maximum Gasteiger partial charge on any atom is -0.00258 e. The fraction of sp³-hybridized carbons (Fsp3) is 0.846. The van der Waals surface area contributed by atoms with Crippen LogP contribution in [-0.2, 0) is 0 Å². The average Bonchev–Trinajstić information content (AvgIpc) is 2.13. The molecule has 0 saturated heterocycles. The van der Waals surface area contributed by atoms with Gasteiger partial charge in [0, 0.05) is 0 Å². The Labute approximate surface area is 90.0 Å². The lowest BCUT2D eigenvalue weighted by Gasteiger charge is -2.12. The molecular formula is C13H27N. The van der Waals surface area contributed by atoms with Crippen molar-refractivity contribution in [1.82, 2.24) is 5.32 Å². The summed E-state index contributed by atoms with van der Waals surface area (Å²) < 4.78 is 0. The summed E-state index contributed by atoms with van der Waals surface area (Å²) in [5, 5.41) is 3.49. The molecule has 0 heterocycles. The van der Waals surface area contributed by atoms with Gasteiger partial charge >= 0.3 is 0 Å². The van der Waals surface area contributed by atoms with Gasteiger partial charge in [0.1, 0.15) is 0 Å². The molecule has 0 saturated carbocycles. The summed E-state index contributed by atoms with van der Waals surface area (Å²) in [6.07, 6.45) is 7.14. The highest BCUT2D eigenvalue weighted by Crippen LogP contribution is 2.11. The Kier molecular flexibility index (Phi) is 9.06. The molecule has 0 spiro atoms. The molecule has 1 heteroatoms. The minimum Gasteiger partial charge on any atom is -0.316 e. The van der Waals surface area contributed by atoms with Crippen LogP contribution in [0.1, 0.15) is 46.5 Å². The summed E-state index contributed by atoms with van der Waals surface area (Å²) in [5.41, 5.74) is 0. The SMILES string of the molecule is C=CCCCC(C)CCNCC(C)C. The van der Waals surface area contributed by atoms with Gasteiger partial charge < -0.3 is 5.32 Å². The van der Waals surface area contributed by atoms with E-state index in [0.717, 1.165) is 18.4 Å². The van der Waals surface area contributed by atoms with E-state index in [4.69, 9.17) is 0 Å². The predicted octanol–water partition coefficient (Wildman–Crippen LogP) is 3.61. The molecule has 84 valence electrons. The first kappa shape index (κ1) is 13.7. The van der Waals surface area contributed by atoms with Crippen molar-refractivity contribution in [2.24, 2.45) is 11.8 Å². The van der Waals surface area contributed by atoms with Crippen LogP contribution in [0.4, 0.5) is 0 Å². The Hall–Kier alpha value is -0.300. The van der Waals surface area contributed by atoms with Crippen LogP contribution in [-0.4, -0.2) is 13.1 Å². The first-order valence-corrected chi connectivity index (χ1v) is 5.98. The third-order valence-electron chi connectivity index (χ3n) is 2.47. The topological polar surface area (TPSA) is 12.0 Å². The molecule has 0 aromatic rings. The van der Waals surface area contributed by atoms with Crippen LogP contribution < -0.4 is 5.32 Å². The zero-order chi connectivity index (χ0) is 10.8. The van der Waals surface area contributed by atoms with Gasteiger partial charge in [0.05, 0.1) is 0 Å². The summed E-state index contributed by atoms with van der Waals surface area (Å²) in [4.78, 5) is 0. The lowest BCUT2D eigenvalue weighted by Crippen LogP contribution is -2.22. The zero-order valence-corrected chi connectivity index (χ0v) is 10.2. The highest BCUT2D eigenvalue weighted by atomic mass is 14.8. The predicted molar refractivity (Wildman–Crippen MR) is 65.5 cm³/mol. The van der Waals surface area contributed by atoms with Gasteiger partial charge in [0.25, 0.3) is 0 Å². The summed E-state index contributed by atoms with van der Waals surface area (Å²) >= 11 is 0. The number of unbranched alkanes of at least 4 members (excludes halogenated alkanes) is 1. The fourth-order valence-corrected chi connectivity index (χ4v) is 1.49. The van der Waals surface area contributed by atoms with Crippen molar-refractivity contribution in [3.05, 3.63) is 12.7 Å². The largest absolute Gasteiger partial charge is 0.316 e. The third-order valence-corrected chi connectivity index (χ3v) is 2.47. The standard InChI is InChI=1S/C13H27N/c1-5-6-7-8-13(4)9-10-14-11-12(2)3/h5,12-14H,1,6-11H2,2-4H3. The van der Waals surface area contributed by atoms with Crippen molar-refractivity contribution < 1.29 is 0 Å². The Morgan fingerprint density at radius 2 is 1.93 bits per heavy atom. The molecule has 0 bridgehead atoms. The van der Waals surface area contributed by atoms with E-state index in [1.54, 1.807) is 0 Å². The molecule has 1 nitrogen and oxygen atoms in total. The fourth-order valence-electron chi connectivity index (χ4n) is 1.49. The van der Waals surface area contributed by atoms with Crippen molar-refractivity contribution in [3.8, 4) is 0 Å². The second-order valence-electron chi connectivity index (χ2n) is 4.71. The van der Waals surface area contributed by atoms with Crippen molar-refractivity contribution in [2.45, 2.75) is 46.5 Å². The first-order valence-electron chi connectivity index (χ1n) is 5.98. The van der Waals surface area contributed by atoms with E-state index in [-0.39, 0.29) is 0 Å². The average molecular weight is 197 g/mol. The van der Waals surface area contributed by atoms with Gasteiger partial charge in [-0.1, -0.05) is 33.3 Å². The molecule has 0 aliphatic carbocycles. The molecule has 0 fully saturated rings. The molecule has 0 rings (SSSR count). The van der Waals surface area contributed by atoms with Crippen molar-refractivity contribution in [1.29, 1.82) is 0 Å². The Morgan fingerprint density at radius 3 is 2.50 bits per heavy atom. The quantitative estimate of drug-likeness (QED) is 0.440. The smallest absolute Gasteiger partial charge is 0.00258 e. The van der Waals surface area contributed by atoms with Gasteiger partial charge in [-0.05, 0) is 44.2 Å². The van der Waals surface area contributed by atoms with Crippen LogP contribution >= 0.6 is 0 Å². The zero-order valence-electron chi connectivity index (χ0n) is 10.2. The number of hydrogen-bond acceptors (Lipinski definition) is 1. The molecular weight excluding hydrogens is 170 g/mol. The highest BCUT2D eigenvalue weighted by molar-refractivity contribution is 4.67. The van der Waals surface area contributed by atoms with Gasteiger partial charge in [0.2, 0.25) is 0 Å². The van der Waals surface area contributed by atoms with Gasteiger partial charge in [-0.15, -0.1) is 6.58 Å². The molecule has 1 atom stereocenters.